The molecule has 0 spiro atoms. The molecule has 144 valence electrons. The molecular weight excluding hydrogens is 336 g/mol. The average molecular weight is 367 g/mol. The number of phenols is 3. The maximum Gasteiger partial charge on any atom is 0.119 e. The van der Waals surface area contributed by atoms with Crippen LogP contribution in [0.2, 0.25) is 0 Å². The molecule has 0 unspecified atom stereocenters. The van der Waals surface area contributed by atoms with Gasteiger partial charge in [-0.25, -0.2) is 0 Å². The lowest BCUT2D eigenvalue weighted by Crippen LogP contribution is -1.94. The number of hydrogen-bond acceptors (Lipinski definition) is 3. The molecule has 0 saturated heterocycles. The van der Waals surface area contributed by atoms with Gasteiger partial charge in [-0.1, -0.05) is 76.2 Å². The van der Waals surface area contributed by atoms with Crippen molar-refractivity contribution in [2.24, 2.45) is 0 Å². The second-order valence-corrected chi connectivity index (χ2v) is 5.57. The van der Waals surface area contributed by atoms with Crippen LogP contribution in [0.25, 0.3) is 0 Å². The van der Waals surface area contributed by atoms with Gasteiger partial charge in [-0.15, -0.1) is 0 Å². The lowest BCUT2D eigenvalue weighted by molar-refractivity contribution is 0.462. The largest absolute Gasteiger partial charge is 0.508 e. The molecule has 0 bridgehead atoms. The first kappa shape index (κ1) is 22.1. The summed E-state index contributed by atoms with van der Waals surface area (Å²) in [5, 5.41) is 29.9. The molecule has 0 aliphatic carbocycles. The zero-order valence-electron chi connectivity index (χ0n) is 16.6. The summed E-state index contributed by atoms with van der Waals surface area (Å²) in [6.45, 7) is 8.00. The fourth-order valence-corrected chi connectivity index (χ4v) is 2.64. The van der Waals surface area contributed by atoms with Crippen molar-refractivity contribution >= 4 is 0 Å². The van der Waals surface area contributed by atoms with E-state index in [0.717, 1.165) is 22.3 Å². The van der Waals surface area contributed by atoms with Crippen molar-refractivity contribution in [3.63, 3.8) is 0 Å². The Kier molecular flexibility index (Phi) is 9.52. The van der Waals surface area contributed by atoms with Crippen molar-refractivity contribution in [1.29, 1.82) is 0 Å². The lowest BCUT2D eigenvalue weighted by Gasteiger charge is -2.10. The first-order valence-corrected chi connectivity index (χ1v) is 9.48. The Hall–Kier alpha value is -2.94. The minimum absolute atomic E-state index is 0.203. The molecule has 3 rings (SSSR count). The summed E-state index contributed by atoms with van der Waals surface area (Å²) in [7, 11) is 0. The van der Waals surface area contributed by atoms with E-state index < -0.39 is 0 Å². The highest BCUT2D eigenvalue weighted by atomic mass is 16.3. The zero-order chi connectivity index (χ0) is 20.2. The summed E-state index contributed by atoms with van der Waals surface area (Å²) in [4.78, 5) is 0. The highest BCUT2D eigenvalue weighted by Gasteiger charge is 2.09. The van der Waals surface area contributed by atoms with Crippen LogP contribution in [0.15, 0.2) is 66.7 Å². The minimum atomic E-state index is 0.203. The molecule has 3 N–H and O–H groups in total. The smallest absolute Gasteiger partial charge is 0.119 e. The Morgan fingerprint density at radius 2 is 0.963 bits per heavy atom. The topological polar surface area (TPSA) is 60.7 Å². The molecule has 0 atom stereocenters. The maximum atomic E-state index is 10.1. The molecule has 3 nitrogen and oxygen atoms in total. The van der Waals surface area contributed by atoms with Crippen molar-refractivity contribution < 1.29 is 15.3 Å². The van der Waals surface area contributed by atoms with E-state index in [4.69, 9.17) is 0 Å². The monoisotopic (exact) mass is 366 g/mol. The van der Waals surface area contributed by atoms with E-state index in [1.54, 1.807) is 30.3 Å². The number of hydrogen-bond donors (Lipinski definition) is 3. The van der Waals surface area contributed by atoms with Crippen LogP contribution in [0.3, 0.4) is 0 Å². The van der Waals surface area contributed by atoms with E-state index in [0.29, 0.717) is 12.8 Å². The quantitative estimate of drug-likeness (QED) is 0.528. The van der Waals surface area contributed by atoms with Gasteiger partial charge < -0.3 is 15.3 Å². The number of rotatable bonds is 4. The predicted molar refractivity (Wildman–Crippen MR) is 113 cm³/mol. The Balaban J connectivity index is 0.000000855. The number of phenolic OH excluding ortho intramolecular Hbond substituents is 3. The van der Waals surface area contributed by atoms with E-state index in [1.807, 2.05) is 64.1 Å². The Labute approximate surface area is 162 Å². The molecule has 0 saturated carbocycles. The second kappa shape index (κ2) is 11.6. The molecule has 0 radical (unpaired) electrons. The summed E-state index contributed by atoms with van der Waals surface area (Å²) in [5.41, 5.74) is 3.35. The molecule has 0 aliphatic heterocycles. The molecule has 3 aromatic carbocycles. The van der Waals surface area contributed by atoms with Gasteiger partial charge in [-0.3, -0.25) is 0 Å². The number of aromatic hydroxyl groups is 3. The Morgan fingerprint density at radius 3 is 1.48 bits per heavy atom. The summed E-state index contributed by atoms with van der Waals surface area (Å²) in [6.07, 6.45) is 1.04. The third kappa shape index (κ3) is 6.37. The highest BCUT2D eigenvalue weighted by Crippen LogP contribution is 2.27. The van der Waals surface area contributed by atoms with E-state index in [9.17, 15) is 15.3 Å². The number of benzene rings is 3. The highest BCUT2D eigenvalue weighted by molar-refractivity contribution is 5.45. The third-order valence-corrected chi connectivity index (χ3v) is 3.90. The van der Waals surface area contributed by atoms with E-state index in [2.05, 4.69) is 0 Å². The van der Waals surface area contributed by atoms with E-state index in [1.165, 1.54) is 0 Å². The zero-order valence-corrected chi connectivity index (χ0v) is 16.6. The van der Waals surface area contributed by atoms with Crippen LogP contribution < -0.4 is 0 Å². The fourth-order valence-electron chi connectivity index (χ4n) is 2.64. The van der Waals surface area contributed by atoms with Crippen molar-refractivity contribution in [3.05, 3.63) is 89.0 Å². The van der Waals surface area contributed by atoms with Crippen molar-refractivity contribution in [3.8, 4) is 17.2 Å². The first-order chi connectivity index (χ1) is 13.1. The molecule has 0 fully saturated rings. The van der Waals surface area contributed by atoms with Crippen molar-refractivity contribution in [2.45, 2.75) is 40.5 Å². The number of para-hydroxylation sites is 2. The first-order valence-electron chi connectivity index (χ1n) is 9.48. The maximum absolute atomic E-state index is 10.1. The van der Waals surface area contributed by atoms with Gasteiger partial charge in [-0.05, 0) is 40.5 Å². The summed E-state index contributed by atoms with van der Waals surface area (Å²) in [6, 6.07) is 19.7. The minimum Gasteiger partial charge on any atom is -0.508 e. The summed E-state index contributed by atoms with van der Waals surface area (Å²) >= 11 is 0. The molecule has 3 aromatic rings. The lowest BCUT2D eigenvalue weighted by atomic mass is 9.97. The van der Waals surface area contributed by atoms with Gasteiger partial charge in [0.1, 0.15) is 17.2 Å². The van der Waals surface area contributed by atoms with Crippen LogP contribution in [0.4, 0.5) is 0 Å². The molecule has 3 heteroatoms. The molecule has 0 aromatic heterocycles. The van der Waals surface area contributed by atoms with Crippen LogP contribution in [0.1, 0.15) is 49.9 Å². The van der Waals surface area contributed by atoms with Gasteiger partial charge in [0.2, 0.25) is 0 Å². The molecule has 0 heterocycles. The fraction of sp³-hybridized carbons (Fsp3) is 0.250. The van der Waals surface area contributed by atoms with Crippen LogP contribution in [-0.4, -0.2) is 15.3 Å². The van der Waals surface area contributed by atoms with Crippen LogP contribution >= 0.6 is 0 Å². The average Bonchev–Trinajstić information content (AvgIpc) is 2.71. The molecule has 0 aliphatic rings. The van der Waals surface area contributed by atoms with Crippen molar-refractivity contribution in [1.82, 2.24) is 0 Å². The van der Waals surface area contributed by atoms with Crippen LogP contribution in [-0.2, 0) is 12.8 Å². The summed E-state index contributed by atoms with van der Waals surface area (Å²) < 4.78 is 0. The molecular formula is C24H30O3. The normalized spacial score (nSPS) is 9.48. The molecule has 0 amide bonds. The van der Waals surface area contributed by atoms with Crippen LogP contribution in [0, 0.1) is 0 Å². The second-order valence-electron chi connectivity index (χ2n) is 5.57. The third-order valence-electron chi connectivity index (χ3n) is 3.90. The predicted octanol–water partition coefficient (Wildman–Crippen LogP) is 6.04. The summed E-state index contributed by atoms with van der Waals surface area (Å²) in [5.74, 6) is 0.690. The SMILES string of the molecule is CC.CC.Oc1ccccc1Cc1ccc(O)c(Cc2ccccc2O)c1. The Morgan fingerprint density at radius 1 is 0.519 bits per heavy atom. The van der Waals surface area contributed by atoms with Gasteiger partial charge in [-0.2, -0.15) is 0 Å². The van der Waals surface area contributed by atoms with Gasteiger partial charge in [0.25, 0.3) is 0 Å². The van der Waals surface area contributed by atoms with Gasteiger partial charge in [0.15, 0.2) is 0 Å². The van der Waals surface area contributed by atoms with Crippen molar-refractivity contribution in [2.75, 3.05) is 0 Å². The molecule has 27 heavy (non-hydrogen) atoms. The Bertz CT molecular complexity index is 825. The van der Waals surface area contributed by atoms with Gasteiger partial charge in [0, 0.05) is 12.8 Å². The standard InChI is InChI=1S/C20H18O3.2C2H6/c21-18-7-3-1-5-15(18)11-14-9-10-20(23)17(12-14)13-16-6-2-4-8-19(16)22;2*1-2/h1-10,12,21-23H,11,13H2;2*1-2H3. The van der Waals surface area contributed by atoms with Gasteiger partial charge >= 0.3 is 0 Å². The van der Waals surface area contributed by atoms with E-state index in [-0.39, 0.29) is 17.2 Å². The van der Waals surface area contributed by atoms with Crippen LogP contribution in [0.5, 0.6) is 17.2 Å². The van der Waals surface area contributed by atoms with Gasteiger partial charge in [0.05, 0.1) is 0 Å². The van der Waals surface area contributed by atoms with E-state index >= 15 is 0 Å².